The van der Waals surface area contributed by atoms with Crippen LogP contribution in [0.2, 0.25) is 0 Å². The molecule has 0 fully saturated rings. The lowest BCUT2D eigenvalue weighted by Crippen LogP contribution is -2.02. The number of hydrogen-bond acceptors (Lipinski definition) is 4. The van der Waals surface area contributed by atoms with Crippen LogP contribution in [0.3, 0.4) is 0 Å². The minimum absolute atomic E-state index is 0.204. The number of hydrogen-bond donors (Lipinski definition) is 2. The first-order valence-corrected chi connectivity index (χ1v) is 4.65. The predicted octanol–water partition coefficient (Wildman–Crippen LogP) is 2.27. The summed E-state index contributed by atoms with van der Waals surface area (Å²) in [5.41, 5.74) is 1.18. The van der Waals surface area contributed by atoms with Gasteiger partial charge in [0.1, 0.15) is 5.69 Å². The Labute approximate surface area is 82.9 Å². The summed E-state index contributed by atoms with van der Waals surface area (Å²) in [5, 5.41) is 14.6. The lowest BCUT2D eigenvalue weighted by atomic mass is 10.2. The monoisotopic (exact) mass is 194 g/mol. The highest BCUT2D eigenvalue weighted by molar-refractivity contribution is 5.64. The lowest BCUT2D eigenvalue weighted by Gasteiger charge is -2.06. The van der Waals surface area contributed by atoms with Crippen LogP contribution >= 0.6 is 0 Å². The van der Waals surface area contributed by atoms with E-state index in [2.05, 4.69) is 10.5 Å². The molecule has 4 heteroatoms. The number of unbranched alkanes of at least 4 members (excludes halogenated alkanes) is 1. The quantitative estimate of drug-likeness (QED) is 0.539. The van der Waals surface area contributed by atoms with E-state index in [4.69, 9.17) is 5.11 Å². The van der Waals surface area contributed by atoms with Gasteiger partial charge in [0.05, 0.1) is 5.69 Å². The van der Waals surface area contributed by atoms with Gasteiger partial charge in [-0.1, -0.05) is 12.1 Å². The van der Waals surface area contributed by atoms with Crippen LogP contribution in [-0.2, 0) is 0 Å². The van der Waals surface area contributed by atoms with Crippen molar-refractivity contribution in [3.05, 3.63) is 29.2 Å². The van der Waals surface area contributed by atoms with Crippen LogP contribution in [-0.4, -0.2) is 18.3 Å². The van der Waals surface area contributed by atoms with Gasteiger partial charge in [-0.15, -0.1) is 4.91 Å². The Morgan fingerprint density at radius 3 is 2.79 bits per heavy atom. The SMILES string of the molecule is O=Nc1ccccc1NCCCCO. The molecule has 0 spiro atoms. The van der Waals surface area contributed by atoms with Gasteiger partial charge in [0.25, 0.3) is 0 Å². The molecule has 4 nitrogen and oxygen atoms in total. The van der Waals surface area contributed by atoms with Crippen LogP contribution in [0, 0.1) is 4.91 Å². The average Bonchev–Trinajstić information content (AvgIpc) is 2.25. The van der Waals surface area contributed by atoms with Crippen molar-refractivity contribution < 1.29 is 5.11 Å². The van der Waals surface area contributed by atoms with Gasteiger partial charge in [0, 0.05) is 13.2 Å². The van der Waals surface area contributed by atoms with Crippen molar-refractivity contribution >= 4 is 11.4 Å². The third kappa shape index (κ3) is 3.14. The first-order chi connectivity index (χ1) is 6.88. The van der Waals surface area contributed by atoms with Crippen molar-refractivity contribution in [3.8, 4) is 0 Å². The van der Waals surface area contributed by atoms with E-state index in [-0.39, 0.29) is 6.61 Å². The molecule has 1 aromatic rings. The molecule has 76 valence electrons. The molecule has 0 aliphatic rings. The number of aliphatic hydroxyl groups is 1. The van der Waals surface area contributed by atoms with Crippen molar-refractivity contribution in [1.82, 2.24) is 0 Å². The maximum atomic E-state index is 10.4. The number of anilines is 1. The second-order valence-corrected chi connectivity index (χ2v) is 2.97. The summed E-state index contributed by atoms with van der Waals surface area (Å²) in [6.45, 7) is 0.947. The highest BCUT2D eigenvalue weighted by Gasteiger charge is 1.99. The van der Waals surface area contributed by atoms with Gasteiger partial charge >= 0.3 is 0 Å². The first kappa shape index (κ1) is 10.7. The summed E-state index contributed by atoms with van der Waals surface area (Å²) in [5.74, 6) is 0. The first-order valence-electron chi connectivity index (χ1n) is 4.65. The summed E-state index contributed by atoms with van der Waals surface area (Å²) in [6.07, 6.45) is 1.65. The molecular formula is C10H14N2O2. The molecule has 0 bridgehead atoms. The van der Waals surface area contributed by atoms with Gasteiger partial charge in [-0.3, -0.25) is 0 Å². The Kier molecular flexibility index (Phi) is 4.64. The third-order valence-electron chi connectivity index (χ3n) is 1.90. The number of nitrogens with zero attached hydrogens (tertiary/aromatic N) is 1. The van der Waals surface area contributed by atoms with Crippen molar-refractivity contribution in [2.75, 3.05) is 18.5 Å². The smallest absolute Gasteiger partial charge is 0.131 e. The normalized spacial score (nSPS) is 9.79. The summed E-state index contributed by atoms with van der Waals surface area (Å²) in [7, 11) is 0. The molecule has 0 aromatic heterocycles. The lowest BCUT2D eigenvalue weighted by molar-refractivity contribution is 0.286. The van der Waals surface area contributed by atoms with Gasteiger partial charge in [0.2, 0.25) is 0 Å². The fraction of sp³-hybridized carbons (Fsp3) is 0.400. The molecule has 0 saturated heterocycles. The van der Waals surface area contributed by atoms with Crippen LogP contribution < -0.4 is 5.32 Å². The summed E-state index contributed by atoms with van der Waals surface area (Å²) in [6, 6.07) is 7.11. The Balaban J connectivity index is 2.45. The van der Waals surface area contributed by atoms with Crippen LogP contribution in [0.4, 0.5) is 11.4 Å². The zero-order valence-electron chi connectivity index (χ0n) is 7.94. The Hall–Kier alpha value is -1.42. The van der Waals surface area contributed by atoms with Crippen molar-refractivity contribution in [2.24, 2.45) is 5.18 Å². The highest BCUT2D eigenvalue weighted by atomic mass is 16.3. The number of nitroso groups, excluding NO2 is 1. The van der Waals surface area contributed by atoms with E-state index in [1.165, 1.54) is 0 Å². The minimum Gasteiger partial charge on any atom is -0.396 e. The van der Waals surface area contributed by atoms with Gasteiger partial charge in [0.15, 0.2) is 0 Å². The van der Waals surface area contributed by atoms with Crippen molar-refractivity contribution in [1.29, 1.82) is 0 Å². The molecule has 0 saturated carbocycles. The second-order valence-electron chi connectivity index (χ2n) is 2.97. The number of nitrogens with one attached hydrogen (secondary N) is 1. The van der Waals surface area contributed by atoms with Gasteiger partial charge < -0.3 is 10.4 Å². The molecule has 14 heavy (non-hydrogen) atoms. The topological polar surface area (TPSA) is 61.7 Å². The predicted molar refractivity (Wildman–Crippen MR) is 56.7 cm³/mol. The number of aliphatic hydroxyl groups excluding tert-OH is 1. The summed E-state index contributed by atoms with van der Waals surface area (Å²) >= 11 is 0. The molecule has 0 aliphatic heterocycles. The highest BCUT2D eigenvalue weighted by Crippen LogP contribution is 2.23. The van der Waals surface area contributed by atoms with E-state index >= 15 is 0 Å². The summed E-state index contributed by atoms with van der Waals surface area (Å²) < 4.78 is 0. The summed E-state index contributed by atoms with van der Waals surface area (Å²) in [4.78, 5) is 10.4. The fourth-order valence-corrected chi connectivity index (χ4v) is 1.16. The van der Waals surface area contributed by atoms with E-state index in [1.807, 2.05) is 12.1 Å². The van der Waals surface area contributed by atoms with E-state index in [1.54, 1.807) is 12.1 Å². The van der Waals surface area contributed by atoms with Gasteiger partial charge in [-0.2, -0.15) is 0 Å². The van der Waals surface area contributed by atoms with Crippen LogP contribution in [0.25, 0.3) is 0 Å². The molecular weight excluding hydrogens is 180 g/mol. The fourth-order valence-electron chi connectivity index (χ4n) is 1.16. The van der Waals surface area contributed by atoms with E-state index in [0.717, 1.165) is 25.1 Å². The average molecular weight is 194 g/mol. The van der Waals surface area contributed by atoms with Gasteiger partial charge in [-0.05, 0) is 30.2 Å². The maximum absolute atomic E-state index is 10.4. The Bertz CT molecular complexity index is 289. The van der Waals surface area contributed by atoms with E-state index in [0.29, 0.717) is 5.69 Å². The zero-order chi connectivity index (χ0) is 10.2. The minimum atomic E-state index is 0.204. The van der Waals surface area contributed by atoms with Crippen molar-refractivity contribution in [2.45, 2.75) is 12.8 Å². The molecule has 0 heterocycles. The van der Waals surface area contributed by atoms with Crippen molar-refractivity contribution in [3.63, 3.8) is 0 Å². The van der Waals surface area contributed by atoms with Crippen LogP contribution in [0.5, 0.6) is 0 Å². The Morgan fingerprint density at radius 2 is 2.07 bits per heavy atom. The molecule has 1 rings (SSSR count). The zero-order valence-corrected chi connectivity index (χ0v) is 7.94. The maximum Gasteiger partial charge on any atom is 0.131 e. The number of benzene rings is 1. The van der Waals surface area contributed by atoms with E-state index < -0.39 is 0 Å². The molecule has 1 aromatic carbocycles. The van der Waals surface area contributed by atoms with Crippen LogP contribution in [0.1, 0.15) is 12.8 Å². The molecule has 0 aliphatic carbocycles. The van der Waals surface area contributed by atoms with Crippen LogP contribution in [0.15, 0.2) is 29.4 Å². The second kappa shape index (κ2) is 6.10. The number of para-hydroxylation sites is 1. The largest absolute Gasteiger partial charge is 0.396 e. The van der Waals surface area contributed by atoms with E-state index in [9.17, 15) is 4.91 Å². The molecule has 0 atom stereocenters. The third-order valence-corrected chi connectivity index (χ3v) is 1.90. The molecule has 2 N–H and O–H groups in total. The molecule has 0 unspecified atom stereocenters. The van der Waals surface area contributed by atoms with Gasteiger partial charge in [-0.25, -0.2) is 0 Å². The molecule has 0 amide bonds. The standard InChI is InChI=1S/C10H14N2O2/c13-8-4-3-7-11-9-5-1-2-6-10(9)12-14/h1-2,5-6,11,13H,3-4,7-8H2. The molecule has 0 radical (unpaired) electrons. The Morgan fingerprint density at radius 1 is 1.29 bits per heavy atom. The number of rotatable bonds is 6.